The number of rotatable bonds is 2. The first-order valence-corrected chi connectivity index (χ1v) is 10.7. The fourth-order valence-electron chi connectivity index (χ4n) is 0.463. The molecule has 0 aliphatic heterocycles. The van der Waals surface area contributed by atoms with Crippen molar-refractivity contribution < 1.29 is 0 Å². The number of hydrogen-bond acceptors (Lipinski definition) is 0. The van der Waals surface area contributed by atoms with E-state index in [-0.39, 0.29) is 0 Å². The monoisotopic (exact) mass is 186 g/mol. The van der Waals surface area contributed by atoms with Gasteiger partial charge in [-0.1, -0.05) is 19.6 Å². The molecule has 0 fully saturated rings. The van der Waals surface area contributed by atoms with Crippen molar-refractivity contribution >= 4 is 37.6 Å². The molecule has 0 rings (SSSR count). The third-order valence-corrected chi connectivity index (χ3v) is 9.68. The molecule has 0 aliphatic carbocycles. The number of halogens is 2. The lowest BCUT2D eigenvalue weighted by atomic mass is 11.8. The molecular weight excluding hydrogens is 175 g/mol. The van der Waals surface area contributed by atoms with Gasteiger partial charge in [-0.25, -0.2) is 0 Å². The predicted octanol–water partition coefficient (Wildman–Crippen LogP) is 2.56. The van der Waals surface area contributed by atoms with E-state index >= 15 is 0 Å². The molecule has 0 heterocycles. The van der Waals surface area contributed by atoms with E-state index in [1.54, 1.807) is 0 Å². The van der Waals surface area contributed by atoms with Gasteiger partial charge in [-0.15, -0.1) is 0 Å². The van der Waals surface area contributed by atoms with E-state index in [1.165, 1.54) is 0 Å². The molecule has 0 radical (unpaired) electrons. The summed E-state index contributed by atoms with van der Waals surface area (Å²) in [6.45, 7) is 6.87. The van der Waals surface area contributed by atoms with Crippen molar-refractivity contribution in [2.75, 3.05) is 0 Å². The topological polar surface area (TPSA) is 0 Å². The first-order chi connectivity index (χ1) is 3.42. The summed E-state index contributed by atoms with van der Waals surface area (Å²) in [5.74, 6) is 0. The quantitative estimate of drug-likeness (QED) is 0.460. The minimum atomic E-state index is -1.29. The fourth-order valence-corrected chi connectivity index (χ4v) is 12.5. The molecule has 0 aromatic rings. The van der Waals surface area contributed by atoms with Crippen LogP contribution in [0.4, 0.5) is 0 Å². The van der Waals surface area contributed by atoms with E-state index in [0.717, 1.165) is 5.67 Å². The smallest absolute Gasteiger partial charge is 0.151 e. The van der Waals surface area contributed by atoms with Crippen LogP contribution in [0, 0.1) is 0 Å². The van der Waals surface area contributed by atoms with Crippen LogP contribution in [0.3, 0.4) is 0 Å². The van der Waals surface area contributed by atoms with Gasteiger partial charge < -0.3 is 0 Å². The van der Waals surface area contributed by atoms with Crippen LogP contribution in [0.25, 0.3) is 0 Å². The summed E-state index contributed by atoms with van der Waals surface area (Å²) in [4.78, 5) is 0. The molecule has 0 N–H and O–H groups in total. The molecule has 0 nitrogen and oxygen atoms in total. The zero-order valence-corrected chi connectivity index (χ0v) is 9.21. The van der Waals surface area contributed by atoms with Crippen molar-refractivity contribution in [3.05, 3.63) is 0 Å². The molecule has 0 bridgehead atoms. The molecule has 0 unspecified atom stereocenters. The Balaban J connectivity index is 3.39. The third-order valence-electron chi connectivity index (χ3n) is 0.767. The van der Waals surface area contributed by atoms with Crippen LogP contribution in [-0.2, 0) is 0 Å². The minimum Gasteiger partial charge on any atom is -0.151 e. The van der Waals surface area contributed by atoms with Crippen LogP contribution in [-0.4, -0.2) is 15.5 Å². The molecule has 50 valence electrons. The van der Waals surface area contributed by atoms with Crippen LogP contribution in [0.2, 0.25) is 25.3 Å². The van der Waals surface area contributed by atoms with Crippen LogP contribution >= 0.6 is 22.2 Å². The average Bonchev–Trinajstić information content (AvgIpc) is 1.21. The lowest BCUT2D eigenvalue weighted by molar-refractivity contribution is 1.64. The average molecular weight is 187 g/mol. The second kappa shape index (κ2) is 3.25. The fraction of sp³-hybridized carbons (Fsp3) is 1.00. The largest absolute Gasteiger partial charge is 0.234 e. The van der Waals surface area contributed by atoms with Gasteiger partial charge in [0.05, 0.1) is 0 Å². The van der Waals surface area contributed by atoms with Crippen LogP contribution in [0.5, 0.6) is 0 Å². The lowest BCUT2D eigenvalue weighted by Gasteiger charge is -2.14. The maximum absolute atomic E-state index is 5.70. The Morgan fingerprint density at radius 3 is 1.62 bits per heavy atom. The van der Waals surface area contributed by atoms with Gasteiger partial charge in [0.2, 0.25) is 7.42 Å². The van der Waals surface area contributed by atoms with Crippen LogP contribution in [0.1, 0.15) is 0 Å². The predicted molar refractivity (Wildman–Crippen MR) is 47.0 cm³/mol. The maximum Gasteiger partial charge on any atom is 0.234 e. The third kappa shape index (κ3) is 7.01. The van der Waals surface area contributed by atoms with Gasteiger partial charge in [0.15, 0.2) is 0 Å². The van der Waals surface area contributed by atoms with Crippen molar-refractivity contribution in [3.8, 4) is 0 Å². The summed E-state index contributed by atoms with van der Waals surface area (Å²) < 4.78 is 0. The summed E-state index contributed by atoms with van der Waals surface area (Å²) in [6.07, 6.45) is 0. The maximum atomic E-state index is 5.70. The highest BCUT2D eigenvalue weighted by Gasteiger charge is 2.17. The molecule has 0 saturated carbocycles. The Bertz CT molecular complexity index is 66.9. The van der Waals surface area contributed by atoms with E-state index < -0.39 is 15.5 Å². The lowest BCUT2D eigenvalue weighted by Crippen LogP contribution is -2.23. The van der Waals surface area contributed by atoms with Crippen molar-refractivity contribution in [1.29, 1.82) is 0 Å². The standard InChI is InChI=1S/C4H12Cl2Si2/c1-8(2,3)4-7(5)6/h7H,4H2,1-3H3. The van der Waals surface area contributed by atoms with Gasteiger partial charge in [-0.05, 0) is 5.67 Å². The van der Waals surface area contributed by atoms with Crippen LogP contribution < -0.4 is 0 Å². The zero-order valence-electron chi connectivity index (χ0n) is 5.54. The highest BCUT2D eigenvalue weighted by molar-refractivity contribution is 7.36. The summed E-state index contributed by atoms with van der Waals surface area (Å²) in [7, 11) is -2.21. The number of hydrogen-bond donors (Lipinski definition) is 0. The van der Waals surface area contributed by atoms with Crippen LogP contribution in [0.15, 0.2) is 0 Å². The molecule has 0 atom stereocenters. The first-order valence-electron chi connectivity index (χ1n) is 2.70. The summed E-state index contributed by atoms with van der Waals surface area (Å²) >= 11 is 11.4. The summed E-state index contributed by atoms with van der Waals surface area (Å²) in [5, 5.41) is 0. The second-order valence-electron chi connectivity index (χ2n) is 3.16. The SMILES string of the molecule is C[Si](C)(C)C[SiH](Cl)Cl. The Morgan fingerprint density at radius 1 is 1.25 bits per heavy atom. The Labute approximate surface area is 63.2 Å². The molecule has 0 saturated heterocycles. The summed E-state index contributed by atoms with van der Waals surface area (Å²) in [5.41, 5.74) is 1.14. The van der Waals surface area contributed by atoms with Gasteiger partial charge >= 0.3 is 0 Å². The van der Waals surface area contributed by atoms with Crippen molar-refractivity contribution in [3.63, 3.8) is 0 Å². The van der Waals surface area contributed by atoms with Crippen molar-refractivity contribution in [1.82, 2.24) is 0 Å². The molecule has 8 heavy (non-hydrogen) atoms. The Kier molecular flexibility index (Phi) is 3.66. The van der Waals surface area contributed by atoms with E-state index in [4.69, 9.17) is 22.2 Å². The van der Waals surface area contributed by atoms with E-state index in [0.29, 0.717) is 0 Å². The first kappa shape index (κ1) is 9.01. The highest BCUT2D eigenvalue weighted by atomic mass is 35.7. The summed E-state index contributed by atoms with van der Waals surface area (Å²) in [6, 6.07) is 0. The Hall–Kier alpha value is 1.01. The second-order valence-corrected chi connectivity index (χ2v) is 14.5. The molecule has 4 heteroatoms. The Morgan fingerprint density at radius 2 is 1.62 bits per heavy atom. The van der Waals surface area contributed by atoms with Gasteiger partial charge in [-0.2, -0.15) is 22.2 Å². The molecule has 0 aromatic heterocycles. The van der Waals surface area contributed by atoms with Gasteiger partial charge in [0.1, 0.15) is 0 Å². The van der Waals surface area contributed by atoms with Crippen molar-refractivity contribution in [2.45, 2.75) is 25.3 Å². The van der Waals surface area contributed by atoms with Gasteiger partial charge in [0.25, 0.3) is 0 Å². The van der Waals surface area contributed by atoms with E-state index in [2.05, 4.69) is 19.6 Å². The molecular formula is C4H12Cl2Si2. The van der Waals surface area contributed by atoms with Gasteiger partial charge in [-0.3, -0.25) is 0 Å². The minimum absolute atomic E-state index is 0.922. The molecule has 0 aliphatic rings. The van der Waals surface area contributed by atoms with Gasteiger partial charge in [0, 0.05) is 8.07 Å². The molecule has 0 amide bonds. The molecule has 0 spiro atoms. The van der Waals surface area contributed by atoms with E-state index in [9.17, 15) is 0 Å². The normalized spacial score (nSPS) is 12.8. The highest BCUT2D eigenvalue weighted by Crippen LogP contribution is 2.14. The molecule has 0 aromatic carbocycles. The zero-order chi connectivity index (χ0) is 6.78. The van der Waals surface area contributed by atoms with E-state index in [1.807, 2.05) is 0 Å². The van der Waals surface area contributed by atoms with Crippen molar-refractivity contribution in [2.24, 2.45) is 0 Å².